The zero-order chi connectivity index (χ0) is 26.5. The number of hydrogen-bond donors (Lipinski definition) is 5. The number of halogens is 2. The van der Waals surface area contributed by atoms with E-state index in [9.17, 15) is 19.0 Å². The number of nitrogens with two attached hydrogens (primary N) is 1. The van der Waals surface area contributed by atoms with E-state index in [1.54, 1.807) is 30.0 Å². The van der Waals surface area contributed by atoms with E-state index in [0.29, 0.717) is 48.8 Å². The first-order chi connectivity index (χ1) is 17.9. The number of hydrogen-bond acceptors (Lipinski definition) is 6. The van der Waals surface area contributed by atoms with Crippen LogP contribution in [0.3, 0.4) is 0 Å². The number of carbonyl (C=O) groups excluding carboxylic acids is 1. The van der Waals surface area contributed by atoms with E-state index in [2.05, 4.69) is 20.9 Å². The molecule has 6 N–H and O–H groups in total. The molecular weight excluding hydrogens is 478 g/mol. The molecular formula is C26H36F2N8O. The van der Waals surface area contributed by atoms with Gasteiger partial charge in [-0.15, -0.1) is 0 Å². The van der Waals surface area contributed by atoms with Crippen molar-refractivity contribution in [2.75, 3.05) is 51.7 Å². The number of benzene rings is 1. The number of urea groups is 1. The van der Waals surface area contributed by atoms with E-state index in [1.807, 2.05) is 0 Å². The normalized spacial score (nSPS) is 19.1. The van der Waals surface area contributed by atoms with Gasteiger partial charge in [0.25, 0.3) is 6.43 Å². The van der Waals surface area contributed by atoms with Crippen molar-refractivity contribution in [1.29, 1.82) is 5.41 Å². The molecule has 37 heavy (non-hydrogen) atoms. The molecule has 200 valence electrons. The van der Waals surface area contributed by atoms with Crippen molar-refractivity contribution in [3.05, 3.63) is 46.3 Å². The molecule has 0 unspecified atom stereocenters. The van der Waals surface area contributed by atoms with Gasteiger partial charge in [0, 0.05) is 80.2 Å². The fourth-order valence-electron chi connectivity index (χ4n) is 5.30. The maximum absolute atomic E-state index is 14.2. The number of aliphatic imine (C=N–C) groups is 1. The van der Waals surface area contributed by atoms with Gasteiger partial charge in [0.2, 0.25) is 0 Å². The van der Waals surface area contributed by atoms with Gasteiger partial charge in [0.1, 0.15) is 5.84 Å². The van der Waals surface area contributed by atoms with Gasteiger partial charge in [-0.05, 0) is 55.6 Å². The number of nitrogens with zero attached hydrogens (tertiary/aromatic N) is 3. The molecule has 0 bridgehead atoms. The zero-order valence-electron chi connectivity index (χ0n) is 21.4. The Hall–Kier alpha value is -3.47. The van der Waals surface area contributed by atoms with Gasteiger partial charge in [-0.25, -0.2) is 13.6 Å². The molecule has 0 aromatic heterocycles. The second kappa shape index (κ2) is 11.7. The lowest BCUT2D eigenvalue weighted by Gasteiger charge is -2.36. The summed E-state index contributed by atoms with van der Waals surface area (Å²) in [5.41, 5.74) is 9.52. The van der Waals surface area contributed by atoms with Crippen molar-refractivity contribution < 1.29 is 13.6 Å². The van der Waals surface area contributed by atoms with Gasteiger partial charge < -0.3 is 31.5 Å². The van der Waals surface area contributed by atoms with Gasteiger partial charge >= 0.3 is 6.03 Å². The van der Waals surface area contributed by atoms with Crippen LogP contribution in [0.25, 0.3) is 5.57 Å². The summed E-state index contributed by atoms with van der Waals surface area (Å²) in [5, 5.41) is 18.9. The lowest BCUT2D eigenvalue weighted by molar-refractivity contribution is 0.151. The monoisotopic (exact) mass is 514 g/mol. The molecule has 2 amide bonds. The molecule has 11 heteroatoms. The molecule has 1 aromatic carbocycles. The minimum absolute atomic E-state index is 0.146. The third kappa shape index (κ3) is 5.61. The van der Waals surface area contributed by atoms with Crippen LogP contribution >= 0.6 is 0 Å². The van der Waals surface area contributed by atoms with E-state index in [1.165, 1.54) is 18.5 Å². The number of amides is 2. The Kier molecular flexibility index (Phi) is 8.42. The number of piperidine rings is 1. The molecule has 3 heterocycles. The van der Waals surface area contributed by atoms with E-state index < -0.39 is 6.43 Å². The molecule has 1 fully saturated rings. The molecule has 0 atom stereocenters. The number of rotatable bonds is 6. The van der Waals surface area contributed by atoms with Gasteiger partial charge in [0.15, 0.2) is 0 Å². The largest absolute Gasteiger partial charge is 0.404 e. The Morgan fingerprint density at radius 2 is 2.03 bits per heavy atom. The van der Waals surface area contributed by atoms with Gasteiger partial charge in [-0.2, -0.15) is 0 Å². The summed E-state index contributed by atoms with van der Waals surface area (Å²) in [6.45, 7) is 3.19. The van der Waals surface area contributed by atoms with Gasteiger partial charge in [-0.3, -0.25) is 10.4 Å². The molecule has 9 nitrogen and oxygen atoms in total. The van der Waals surface area contributed by atoms with E-state index in [0.717, 1.165) is 42.8 Å². The van der Waals surface area contributed by atoms with Crippen LogP contribution in [0.5, 0.6) is 0 Å². The number of anilines is 1. The highest BCUT2D eigenvalue weighted by Gasteiger charge is 2.33. The molecule has 0 saturated carbocycles. The van der Waals surface area contributed by atoms with Crippen molar-refractivity contribution >= 4 is 29.3 Å². The summed E-state index contributed by atoms with van der Waals surface area (Å²) < 4.78 is 28.3. The summed E-state index contributed by atoms with van der Waals surface area (Å²) in [4.78, 5) is 19.8. The minimum Gasteiger partial charge on any atom is -0.404 e. The summed E-state index contributed by atoms with van der Waals surface area (Å²) in [7, 11) is 3.16. The average molecular weight is 515 g/mol. The Morgan fingerprint density at radius 1 is 1.27 bits per heavy atom. The fraction of sp³-hybridized carbons (Fsp3) is 0.500. The highest BCUT2D eigenvalue weighted by atomic mass is 19.3. The van der Waals surface area contributed by atoms with Crippen molar-refractivity contribution in [2.24, 2.45) is 10.7 Å². The van der Waals surface area contributed by atoms with Crippen LogP contribution in [0.1, 0.15) is 42.4 Å². The first-order valence-corrected chi connectivity index (χ1v) is 12.7. The third-order valence-corrected chi connectivity index (χ3v) is 7.26. The van der Waals surface area contributed by atoms with Crippen LogP contribution in [-0.2, 0) is 6.42 Å². The molecule has 0 spiro atoms. The number of carbonyl (C=O) groups is 1. The van der Waals surface area contributed by atoms with Crippen LogP contribution in [0.2, 0.25) is 0 Å². The minimum atomic E-state index is -2.72. The van der Waals surface area contributed by atoms with Gasteiger partial charge in [0.05, 0.1) is 6.54 Å². The third-order valence-electron chi connectivity index (χ3n) is 7.26. The molecule has 1 saturated heterocycles. The lowest BCUT2D eigenvalue weighted by atomic mass is 9.96. The van der Waals surface area contributed by atoms with E-state index in [-0.39, 0.29) is 24.0 Å². The van der Waals surface area contributed by atoms with E-state index in [4.69, 9.17) is 5.73 Å². The molecule has 3 aliphatic heterocycles. The molecule has 4 rings (SSSR count). The van der Waals surface area contributed by atoms with Crippen LogP contribution in [-0.4, -0.2) is 75.8 Å². The van der Waals surface area contributed by atoms with Crippen molar-refractivity contribution in [3.8, 4) is 0 Å². The SMILES string of the molecule is CN=CC(=CN)c1cc2c(cc1C(F)F)N(C(=N)C1=C(NC3CCNCC3)CCN(C(=O)NC)C1)CC2. The van der Waals surface area contributed by atoms with Crippen LogP contribution < -0.4 is 26.6 Å². The maximum atomic E-state index is 14.2. The van der Waals surface area contributed by atoms with Crippen molar-refractivity contribution in [1.82, 2.24) is 20.9 Å². The summed E-state index contributed by atoms with van der Waals surface area (Å²) in [6, 6.07) is 3.32. The van der Waals surface area contributed by atoms with Crippen LogP contribution in [0.15, 0.2) is 34.6 Å². The molecule has 3 aliphatic rings. The zero-order valence-corrected chi connectivity index (χ0v) is 21.4. The standard InChI is InChI=1S/C26H36F2N8O/c1-31-14-17(13-29)19-11-16-5-10-36(23(16)12-20(19)24(27)28)25(30)21-15-35(26(37)32-2)9-6-22(21)34-18-3-7-33-8-4-18/h11-14,18,24,30,33-34H,3-10,15,29H2,1-2H3,(H,32,37). The quantitative estimate of drug-likeness (QED) is 0.295. The molecule has 1 aromatic rings. The lowest BCUT2D eigenvalue weighted by Crippen LogP contribution is -2.48. The van der Waals surface area contributed by atoms with Gasteiger partial charge in [-0.1, -0.05) is 0 Å². The highest BCUT2D eigenvalue weighted by Crippen LogP contribution is 2.38. The number of amidine groups is 1. The van der Waals surface area contributed by atoms with Crippen molar-refractivity contribution in [2.45, 2.75) is 38.2 Å². The van der Waals surface area contributed by atoms with E-state index >= 15 is 0 Å². The highest BCUT2D eigenvalue weighted by molar-refractivity contribution is 6.12. The average Bonchev–Trinajstić information content (AvgIpc) is 3.34. The summed E-state index contributed by atoms with van der Waals surface area (Å²) >= 11 is 0. The predicted molar refractivity (Wildman–Crippen MR) is 143 cm³/mol. The number of fused-ring (bicyclic) bond motifs is 1. The summed E-state index contributed by atoms with van der Waals surface area (Å²) in [5.74, 6) is 0.237. The Balaban J connectivity index is 1.70. The second-order valence-corrected chi connectivity index (χ2v) is 9.48. The molecule has 0 radical (unpaired) electrons. The first-order valence-electron chi connectivity index (χ1n) is 12.7. The Morgan fingerprint density at radius 3 is 2.68 bits per heavy atom. The second-order valence-electron chi connectivity index (χ2n) is 9.48. The predicted octanol–water partition coefficient (Wildman–Crippen LogP) is 2.60. The Bertz CT molecular complexity index is 1120. The topological polar surface area (TPSA) is 122 Å². The maximum Gasteiger partial charge on any atom is 0.317 e. The fourth-order valence-corrected chi connectivity index (χ4v) is 5.30. The number of nitrogens with one attached hydrogen (secondary N) is 4. The smallest absolute Gasteiger partial charge is 0.317 e. The number of allylic oxidation sites excluding steroid dienone is 1. The first kappa shape index (κ1) is 26.6. The molecule has 0 aliphatic carbocycles. The summed E-state index contributed by atoms with van der Waals surface area (Å²) in [6.07, 6.45) is 3.22. The Labute approximate surface area is 216 Å². The van der Waals surface area contributed by atoms with Crippen LogP contribution in [0.4, 0.5) is 19.3 Å². The number of alkyl halides is 2. The van der Waals surface area contributed by atoms with Crippen LogP contribution in [0, 0.1) is 5.41 Å². The van der Waals surface area contributed by atoms with Crippen molar-refractivity contribution in [3.63, 3.8) is 0 Å².